The molecule has 0 saturated carbocycles. The lowest BCUT2D eigenvalue weighted by Crippen LogP contribution is -2.38. The van der Waals surface area contributed by atoms with Crippen LogP contribution in [-0.2, 0) is 20.2 Å². The molecule has 142 valence electrons. The van der Waals surface area contributed by atoms with E-state index in [1.165, 1.54) is 10.6 Å². The van der Waals surface area contributed by atoms with Gasteiger partial charge in [0.25, 0.3) is 5.91 Å². The molecule has 1 aromatic rings. The average molecular weight is 371 g/mol. The van der Waals surface area contributed by atoms with Crippen LogP contribution in [0, 0.1) is 0 Å². The van der Waals surface area contributed by atoms with Gasteiger partial charge in [-0.1, -0.05) is 32.9 Å². The van der Waals surface area contributed by atoms with Crippen molar-refractivity contribution < 1.29 is 17.9 Å². The largest absolute Gasteiger partial charge is 0.385 e. The summed E-state index contributed by atoms with van der Waals surface area (Å²) < 4.78 is 29.9. The zero-order valence-electron chi connectivity index (χ0n) is 15.8. The number of ether oxygens (including phenoxy) is 1. The highest BCUT2D eigenvalue weighted by Gasteiger charge is 2.17. The van der Waals surface area contributed by atoms with Crippen LogP contribution in [0.2, 0.25) is 0 Å². The van der Waals surface area contributed by atoms with Crippen molar-refractivity contribution in [3.05, 3.63) is 35.4 Å². The second-order valence-electron chi connectivity index (χ2n) is 7.09. The summed E-state index contributed by atoms with van der Waals surface area (Å²) in [4.78, 5) is 12.2. The molecule has 0 fully saturated rings. The van der Waals surface area contributed by atoms with E-state index in [0.717, 1.165) is 5.56 Å². The lowest BCUT2D eigenvalue weighted by molar-refractivity contribution is 0.0951. The molecule has 0 spiro atoms. The number of carbonyl (C=O) groups is 1. The molecule has 1 N–H and O–H groups in total. The van der Waals surface area contributed by atoms with Gasteiger partial charge in [0.2, 0.25) is 10.0 Å². The number of hydrogen-bond acceptors (Lipinski definition) is 4. The first kappa shape index (κ1) is 21.6. The molecule has 6 nitrogen and oxygen atoms in total. The molecule has 0 radical (unpaired) electrons. The molecule has 7 heteroatoms. The lowest BCUT2D eigenvalue weighted by Gasteiger charge is -2.20. The highest BCUT2D eigenvalue weighted by molar-refractivity contribution is 7.88. The minimum Gasteiger partial charge on any atom is -0.385 e. The molecule has 1 aromatic carbocycles. The Hall–Kier alpha value is -1.44. The number of nitrogens with zero attached hydrogens (tertiary/aromatic N) is 1. The van der Waals surface area contributed by atoms with E-state index in [4.69, 9.17) is 4.74 Å². The van der Waals surface area contributed by atoms with Crippen LogP contribution < -0.4 is 5.32 Å². The SMILES string of the molecule is COCCCN(CCNC(=O)c1ccc(C(C)(C)C)cc1)S(C)(=O)=O. The van der Waals surface area contributed by atoms with Gasteiger partial charge in [-0.3, -0.25) is 4.79 Å². The number of hydrogen-bond donors (Lipinski definition) is 1. The number of amides is 1. The number of sulfonamides is 1. The van der Waals surface area contributed by atoms with E-state index in [1.807, 2.05) is 12.1 Å². The van der Waals surface area contributed by atoms with Gasteiger partial charge in [0.15, 0.2) is 0 Å². The molecule has 1 rings (SSSR count). The maximum Gasteiger partial charge on any atom is 0.251 e. The second-order valence-corrected chi connectivity index (χ2v) is 9.07. The van der Waals surface area contributed by atoms with Crippen molar-refractivity contribution >= 4 is 15.9 Å². The van der Waals surface area contributed by atoms with Gasteiger partial charge < -0.3 is 10.1 Å². The van der Waals surface area contributed by atoms with Crippen LogP contribution in [-0.4, -0.2) is 58.2 Å². The molecule has 0 aromatic heterocycles. The summed E-state index contributed by atoms with van der Waals surface area (Å²) in [5.41, 5.74) is 1.76. The van der Waals surface area contributed by atoms with Crippen molar-refractivity contribution in [3.8, 4) is 0 Å². The third-order valence-electron chi connectivity index (χ3n) is 3.88. The molecule has 25 heavy (non-hydrogen) atoms. The number of methoxy groups -OCH3 is 1. The molecule has 0 saturated heterocycles. The summed E-state index contributed by atoms with van der Waals surface area (Å²) in [6.07, 6.45) is 1.79. The van der Waals surface area contributed by atoms with Gasteiger partial charge >= 0.3 is 0 Å². The van der Waals surface area contributed by atoms with Gasteiger partial charge in [0.05, 0.1) is 6.26 Å². The summed E-state index contributed by atoms with van der Waals surface area (Å²) in [6, 6.07) is 7.48. The molecule has 0 aliphatic heterocycles. The predicted molar refractivity (Wildman–Crippen MR) is 100 cm³/mol. The van der Waals surface area contributed by atoms with Crippen LogP contribution in [0.3, 0.4) is 0 Å². The number of rotatable bonds is 9. The third-order valence-corrected chi connectivity index (χ3v) is 5.19. The van der Waals surface area contributed by atoms with Crippen molar-refractivity contribution in [2.45, 2.75) is 32.6 Å². The zero-order chi connectivity index (χ0) is 19.1. The lowest BCUT2D eigenvalue weighted by atomic mass is 9.87. The first-order valence-corrected chi connectivity index (χ1v) is 10.2. The molecule has 0 unspecified atom stereocenters. The monoisotopic (exact) mass is 370 g/mol. The highest BCUT2D eigenvalue weighted by atomic mass is 32.2. The molecule has 1 amide bonds. The number of carbonyl (C=O) groups excluding carboxylic acids is 1. The van der Waals surface area contributed by atoms with Crippen molar-refractivity contribution in [1.82, 2.24) is 9.62 Å². The highest BCUT2D eigenvalue weighted by Crippen LogP contribution is 2.22. The summed E-state index contributed by atoms with van der Waals surface area (Å²) in [6.45, 7) is 7.73. The Bertz CT molecular complexity index is 649. The van der Waals surface area contributed by atoms with E-state index in [0.29, 0.717) is 25.1 Å². The Labute approximate surface area is 151 Å². The normalized spacial score (nSPS) is 12.4. The van der Waals surface area contributed by atoms with E-state index in [1.54, 1.807) is 19.2 Å². The Balaban J connectivity index is 2.57. The van der Waals surface area contributed by atoms with E-state index in [2.05, 4.69) is 26.1 Å². The molecule has 0 aliphatic rings. The van der Waals surface area contributed by atoms with Gasteiger partial charge in [0, 0.05) is 38.9 Å². The van der Waals surface area contributed by atoms with Gasteiger partial charge in [0.1, 0.15) is 0 Å². The second kappa shape index (κ2) is 9.31. The fourth-order valence-corrected chi connectivity index (χ4v) is 3.23. The maximum atomic E-state index is 12.2. The maximum absolute atomic E-state index is 12.2. The topological polar surface area (TPSA) is 75.7 Å². The van der Waals surface area contributed by atoms with Crippen LogP contribution in [0.1, 0.15) is 43.1 Å². The Morgan fingerprint density at radius 1 is 1.16 bits per heavy atom. The van der Waals surface area contributed by atoms with Crippen molar-refractivity contribution in [2.75, 3.05) is 39.6 Å². The average Bonchev–Trinajstić information content (AvgIpc) is 2.51. The minimum absolute atomic E-state index is 0.0349. The molecule has 0 bridgehead atoms. The van der Waals surface area contributed by atoms with Gasteiger partial charge in [-0.15, -0.1) is 0 Å². The predicted octanol–water partition coefficient (Wildman–Crippen LogP) is 2.01. The summed E-state index contributed by atoms with van der Waals surface area (Å²) in [5.74, 6) is -0.203. The number of nitrogens with one attached hydrogen (secondary N) is 1. The van der Waals surface area contributed by atoms with Crippen LogP contribution in [0.5, 0.6) is 0 Å². The van der Waals surface area contributed by atoms with E-state index in [-0.39, 0.29) is 24.4 Å². The molecule has 0 atom stereocenters. The van der Waals surface area contributed by atoms with Crippen molar-refractivity contribution in [3.63, 3.8) is 0 Å². The molecule has 0 heterocycles. The van der Waals surface area contributed by atoms with Crippen molar-refractivity contribution in [1.29, 1.82) is 0 Å². The third kappa shape index (κ3) is 7.54. The standard InChI is InChI=1S/C18H30N2O4S/c1-18(2,3)16-9-7-15(8-10-16)17(21)19-11-13-20(25(5,22)23)12-6-14-24-4/h7-10H,6,11-14H2,1-5H3,(H,19,21). The minimum atomic E-state index is -3.30. The first-order chi connectivity index (χ1) is 11.6. The van der Waals surface area contributed by atoms with E-state index in [9.17, 15) is 13.2 Å². The summed E-state index contributed by atoms with van der Waals surface area (Å²) in [7, 11) is -1.72. The Morgan fingerprint density at radius 3 is 2.24 bits per heavy atom. The Kier molecular flexibility index (Phi) is 8.05. The van der Waals surface area contributed by atoms with E-state index < -0.39 is 10.0 Å². The Morgan fingerprint density at radius 2 is 1.76 bits per heavy atom. The number of benzene rings is 1. The van der Waals surface area contributed by atoms with Crippen LogP contribution in [0.25, 0.3) is 0 Å². The van der Waals surface area contributed by atoms with Crippen LogP contribution in [0.4, 0.5) is 0 Å². The quantitative estimate of drug-likeness (QED) is 0.675. The summed E-state index contributed by atoms with van der Waals surface area (Å²) >= 11 is 0. The zero-order valence-corrected chi connectivity index (χ0v) is 16.6. The van der Waals surface area contributed by atoms with Crippen LogP contribution in [0.15, 0.2) is 24.3 Å². The summed E-state index contributed by atoms with van der Waals surface area (Å²) in [5, 5.41) is 2.77. The van der Waals surface area contributed by atoms with Gasteiger partial charge in [-0.05, 0) is 29.5 Å². The van der Waals surface area contributed by atoms with Gasteiger partial charge in [-0.25, -0.2) is 12.7 Å². The van der Waals surface area contributed by atoms with Gasteiger partial charge in [-0.2, -0.15) is 0 Å². The van der Waals surface area contributed by atoms with Crippen LogP contribution >= 0.6 is 0 Å². The molecular formula is C18H30N2O4S. The first-order valence-electron chi connectivity index (χ1n) is 8.38. The molecular weight excluding hydrogens is 340 g/mol. The van der Waals surface area contributed by atoms with Crippen molar-refractivity contribution in [2.24, 2.45) is 0 Å². The smallest absolute Gasteiger partial charge is 0.251 e. The fraction of sp³-hybridized carbons (Fsp3) is 0.611. The molecule has 0 aliphatic carbocycles. The van der Waals surface area contributed by atoms with E-state index >= 15 is 0 Å². The fourth-order valence-electron chi connectivity index (χ4n) is 2.35.